The number of hydrogen-bond donors (Lipinski definition) is 9. The quantitative estimate of drug-likeness (QED) is 0.0204. The lowest BCUT2D eigenvalue weighted by molar-refractivity contribution is -0.359. The zero-order valence-electron chi connectivity index (χ0n) is 68.5. The van der Waals surface area contributed by atoms with E-state index in [0.717, 1.165) is 44.9 Å². The summed E-state index contributed by atoms with van der Waals surface area (Å²) in [4.78, 5) is 13.4. The maximum absolute atomic E-state index is 13.4. The first kappa shape index (κ1) is 99.3. The van der Waals surface area contributed by atoms with Crippen molar-refractivity contribution >= 4 is 5.91 Å². The van der Waals surface area contributed by atoms with Gasteiger partial charge in [-0.3, -0.25) is 4.79 Å². The minimum atomic E-state index is -1.79. The maximum Gasteiger partial charge on any atom is 0.220 e. The Balaban J connectivity index is 1.56. The van der Waals surface area contributed by atoms with Crippen molar-refractivity contribution in [2.45, 2.75) is 518 Å². The molecule has 0 spiro atoms. The number of hydrogen-bond acceptors (Lipinski definition) is 13. The second-order valence-corrected chi connectivity index (χ2v) is 32.4. The van der Waals surface area contributed by atoms with Crippen molar-refractivity contribution in [1.29, 1.82) is 0 Å². The summed E-state index contributed by atoms with van der Waals surface area (Å²) >= 11 is 0. The van der Waals surface area contributed by atoms with Crippen molar-refractivity contribution in [2.75, 3.05) is 19.8 Å². The molecule has 12 unspecified atom stereocenters. The molecule has 2 heterocycles. The molecule has 9 N–H and O–H groups in total. The van der Waals surface area contributed by atoms with Gasteiger partial charge in [-0.2, -0.15) is 0 Å². The van der Waals surface area contributed by atoms with Crippen LogP contribution in [0.4, 0.5) is 0 Å². The maximum atomic E-state index is 13.4. The molecule has 0 aromatic carbocycles. The van der Waals surface area contributed by atoms with Gasteiger partial charge in [0.25, 0.3) is 0 Å². The number of carbonyl (C=O) groups excluding carboxylic acids is 1. The Morgan fingerprint density at radius 3 is 0.933 bits per heavy atom. The second-order valence-electron chi connectivity index (χ2n) is 32.4. The van der Waals surface area contributed by atoms with Gasteiger partial charge < -0.3 is 65.1 Å². The zero-order valence-corrected chi connectivity index (χ0v) is 68.5. The SMILES string of the molecule is CCCCCCCCCCCCCCCCCCCCCCC/C=C/CC/C=C/CC/C=C/C(O)C(COC1OC(CO)C(OC2OC(CO)C(O)C(O)C2O)C(O)C1O)NC(=O)CCCCCCCCCCCCCCCCCCCCCCCCCCCCCCCCCCCCCCCCCC. The smallest absolute Gasteiger partial charge is 0.220 e. The van der Waals surface area contributed by atoms with Gasteiger partial charge in [-0.05, 0) is 44.9 Å². The third kappa shape index (κ3) is 57.0. The highest BCUT2D eigenvalue weighted by atomic mass is 16.7. The average molecular weight is 1490 g/mol. The van der Waals surface area contributed by atoms with Crippen molar-refractivity contribution in [3.63, 3.8) is 0 Å². The van der Waals surface area contributed by atoms with Gasteiger partial charge in [0.05, 0.1) is 32.0 Å². The summed E-state index contributed by atoms with van der Waals surface area (Å²) in [7, 11) is 0. The van der Waals surface area contributed by atoms with E-state index < -0.39 is 86.8 Å². The van der Waals surface area contributed by atoms with E-state index in [1.165, 1.54) is 366 Å². The van der Waals surface area contributed by atoms with Crippen LogP contribution in [0.1, 0.15) is 444 Å². The van der Waals surface area contributed by atoms with Gasteiger partial charge >= 0.3 is 0 Å². The van der Waals surface area contributed by atoms with E-state index in [9.17, 15) is 45.6 Å². The summed E-state index contributed by atoms with van der Waals surface area (Å²) in [6.07, 6.45) is 84.3. The molecular formula is C91H173NO13. The highest BCUT2D eigenvalue weighted by molar-refractivity contribution is 5.76. The summed E-state index contributed by atoms with van der Waals surface area (Å²) in [5.41, 5.74) is 0. The van der Waals surface area contributed by atoms with Crippen molar-refractivity contribution in [2.24, 2.45) is 0 Å². The van der Waals surface area contributed by atoms with Gasteiger partial charge in [0.15, 0.2) is 12.6 Å². The van der Waals surface area contributed by atoms with Gasteiger partial charge in [-0.25, -0.2) is 0 Å². The Morgan fingerprint density at radius 1 is 0.333 bits per heavy atom. The standard InChI is InChI=1S/C91H173NO13/c1-3-5-7-9-11-13-15-17-19-21-23-25-27-29-31-33-35-36-37-38-39-40-41-42-43-45-47-49-51-53-55-57-59-61-63-65-67-69-71-73-75-83(96)92-79(78-102-90-88(101)86(99)89(82(77-94)104-90)105-91-87(100)85(98)84(97)81(76-93)103-91)80(95)74-72-70-68-66-64-62-60-58-56-54-52-50-48-46-44-34-32-30-28-26-24-22-20-18-16-14-12-10-8-6-4-2/h56,58,64,66,72,74,79-82,84-91,93-95,97-101H,3-55,57,59-63,65,67-71,73,75-78H2,1-2H3,(H,92,96)/b58-56+,66-64+,74-72+. The molecule has 620 valence electrons. The number of amides is 1. The molecule has 105 heavy (non-hydrogen) atoms. The Bertz CT molecular complexity index is 1900. The lowest BCUT2D eigenvalue weighted by Gasteiger charge is -2.46. The van der Waals surface area contributed by atoms with Crippen LogP contribution in [0.3, 0.4) is 0 Å². The molecule has 1 amide bonds. The predicted molar refractivity (Wildman–Crippen MR) is 438 cm³/mol. The van der Waals surface area contributed by atoms with E-state index in [1.807, 2.05) is 6.08 Å². The van der Waals surface area contributed by atoms with E-state index in [-0.39, 0.29) is 18.9 Å². The van der Waals surface area contributed by atoms with E-state index in [2.05, 4.69) is 43.5 Å². The van der Waals surface area contributed by atoms with Crippen molar-refractivity contribution in [3.8, 4) is 0 Å². The van der Waals surface area contributed by atoms with E-state index >= 15 is 0 Å². The first-order valence-corrected chi connectivity index (χ1v) is 45.7. The summed E-state index contributed by atoms with van der Waals surface area (Å²) in [6, 6.07) is -0.939. The molecule has 2 rings (SSSR count). The number of allylic oxidation sites excluding steroid dienone is 5. The van der Waals surface area contributed by atoms with Gasteiger partial charge in [-0.15, -0.1) is 0 Å². The molecule has 0 radical (unpaired) electrons. The third-order valence-corrected chi connectivity index (χ3v) is 22.6. The molecule has 0 aliphatic carbocycles. The molecule has 2 saturated heterocycles. The monoisotopic (exact) mass is 1490 g/mol. The molecule has 12 atom stereocenters. The molecule has 0 aromatic heterocycles. The summed E-state index contributed by atoms with van der Waals surface area (Å²) in [5, 5.41) is 87.8. The number of unbranched alkanes of at least 4 members (excludes halogenated alkanes) is 62. The third-order valence-electron chi connectivity index (χ3n) is 22.6. The van der Waals surface area contributed by atoms with Crippen LogP contribution in [0, 0.1) is 0 Å². The minimum Gasteiger partial charge on any atom is -0.394 e. The number of rotatable bonds is 79. The molecule has 0 saturated carbocycles. The molecule has 0 aromatic rings. The fourth-order valence-electron chi connectivity index (χ4n) is 15.4. The average Bonchev–Trinajstić information content (AvgIpc) is 0.790. The fourth-order valence-corrected chi connectivity index (χ4v) is 15.4. The molecule has 2 fully saturated rings. The Hall–Kier alpha value is -1.79. The molecule has 2 aliphatic rings. The summed E-state index contributed by atoms with van der Waals surface area (Å²) in [6.45, 7) is 2.86. The van der Waals surface area contributed by atoms with Crippen LogP contribution in [-0.4, -0.2) is 140 Å². The highest BCUT2D eigenvalue weighted by Crippen LogP contribution is 2.31. The van der Waals surface area contributed by atoms with Crippen LogP contribution in [-0.2, 0) is 23.7 Å². The number of aliphatic hydroxyl groups excluding tert-OH is 8. The van der Waals surface area contributed by atoms with Crippen LogP contribution in [0.25, 0.3) is 0 Å². The van der Waals surface area contributed by atoms with Crippen LogP contribution < -0.4 is 5.32 Å². The van der Waals surface area contributed by atoms with Crippen molar-refractivity contribution < 1.29 is 64.6 Å². The lowest BCUT2D eigenvalue weighted by Crippen LogP contribution is -2.65. The van der Waals surface area contributed by atoms with Crippen molar-refractivity contribution in [3.05, 3.63) is 36.5 Å². The van der Waals surface area contributed by atoms with Gasteiger partial charge in [0.2, 0.25) is 5.91 Å². The Morgan fingerprint density at radius 2 is 0.610 bits per heavy atom. The first-order chi connectivity index (χ1) is 51.6. The lowest BCUT2D eigenvalue weighted by atomic mass is 9.97. The van der Waals surface area contributed by atoms with Crippen molar-refractivity contribution in [1.82, 2.24) is 5.32 Å². The fraction of sp³-hybridized carbons (Fsp3) is 0.923. The van der Waals surface area contributed by atoms with E-state index in [4.69, 9.17) is 18.9 Å². The summed E-state index contributed by atoms with van der Waals surface area (Å²) in [5.74, 6) is -0.244. The molecule has 2 aliphatic heterocycles. The largest absolute Gasteiger partial charge is 0.394 e. The van der Waals surface area contributed by atoms with E-state index in [0.29, 0.717) is 12.8 Å². The van der Waals surface area contributed by atoms with Crippen LogP contribution in [0.2, 0.25) is 0 Å². The predicted octanol–water partition coefficient (Wildman–Crippen LogP) is 22.3. The second kappa shape index (κ2) is 74.9. The Kier molecular flexibility index (Phi) is 70.8. The van der Waals surface area contributed by atoms with Gasteiger partial charge in [0.1, 0.15) is 48.8 Å². The van der Waals surface area contributed by atoms with Gasteiger partial charge in [-0.1, -0.05) is 429 Å². The van der Waals surface area contributed by atoms with Gasteiger partial charge in [0, 0.05) is 6.42 Å². The molecule has 14 nitrogen and oxygen atoms in total. The number of carbonyl (C=O) groups is 1. The zero-order chi connectivity index (χ0) is 75.8. The van der Waals surface area contributed by atoms with E-state index in [1.54, 1.807) is 6.08 Å². The number of aliphatic hydroxyl groups is 8. The minimum absolute atomic E-state index is 0.244. The number of nitrogens with one attached hydrogen (secondary N) is 1. The summed E-state index contributed by atoms with van der Waals surface area (Å²) < 4.78 is 22.9. The van der Waals surface area contributed by atoms with Crippen LogP contribution in [0.15, 0.2) is 36.5 Å². The Labute approximate surface area is 646 Å². The topological polar surface area (TPSA) is 228 Å². The molecule has 14 heteroatoms. The molecule has 0 bridgehead atoms. The number of ether oxygens (including phenoxy) is 4. The van der Waals surface area contributed by atoms with Crippen LogP contribution >= 0.6 is 0 Å². The normalized spacial score (nSPS) is 21.5. The molecular weight excluding hydrogens is 1310 g/mol. The highest BCUT2D eigenvalue weighted by Gasteiger charge is 2.51. The van der Waals surface area contributed by atoms with Crippen LogP contribution in [0.5, 0.6) is 0 Å². The first-order valence-electron chi connectivity index (χ1n) is 45.7.